The highest BCUT2D eigenvalue weighted by atomic mass is 16.3. The third kappa shape index (κ3) is 49.0. The highest BCUT2D eigenvalue weighted by molar-refractivity contribution is 5.80. The molecular weight excluding hydrogens is 787 g/mol. The number of hydrogen-bond acceptors (Lipinski definition) is 4. The lowest BCUT2D eigenvalue weighted by Gasteiger charge is -2.21. The first-order valence-corrected chi connectivity index (χ1v) is 29.5. The third-order valence-electron chi connectivity index (χ3n) is 14.1. The number of amides is 1. The van der Waals surface area contributed by atoms with E-state index in [1.165, 1.54) is 283 Å². The summed E-state index contributed by atoms with van der Waals surface area (Å²) in [6, 6.07) is -0.794. The molecule has 64 heavy (non-hydrogen) atoms. The van der Waals surface area contributed by atoms with Gasteiger partial charge in [0.2, 0.25) is 5.91 Å². The fourth-order valence-corrected chi connectivity index (χ4v) is 9.54. The van der Waals surface area contributed by atoms with Gasteiger partial charge in [0.05, 0.1) is 18.8 Å². The van der Waals surface area contributed by atoms with Crippen molar-refractivity contribution in [2.75, 3.05) is 6.61 Å². The van der Waals surface area contributed by atoms with Crippen molar-refractivity contribution in [2.24, 2.45) is 0 Å². The lowest BCUT2D eigenvalue weighted by atomic mass is 10.0. The molecule has 0 aromatic carbocycles. The number of unbranched alkanes of at least 4 members (excludes halogenated alkanes) is 47. The minimum atomic E-state index is -1.09. The molecule has 5 heteroatoms. The van der Waals surface area contributed by atoms with Crippen molar-refractivity contribution < 1.29 is 20.1 Å². The summed E-state index contributed by atoms with van der Waals surface area (Å²) < 4.78 is 0. The van der Waals surface area contributed by atoms with E-state index in [-0.39, 0.29) is 6.61 Å². The standard InChI is InChI=1S/C59H117NO4/c1-3-5-7-9-11-13-15-17-19-21-23-25-26-27-28-29-30-31-32-34-36-38-40-42-44-46-48-50-52-54-58(63)59(64)60-56(55-61)57(62)53-51-49-47-45-43-41-39-37-35-33-24-22-20-18-16-14-12-10-8-6-4-2/h51,53,56-58,61-63H,3-50,52,54-55H2,1-2H3,(H,60,64)/b53-51+. The minimum Gasteiger partial charge on any atom is -0.394 e. The van der Waals surface area contributed by atoms with Gasteiger partial charge in [-0.05, 0) is 19.3 Å². The Balaban J connectivity index is 3.51. The van der Waals surface area contributed by atoms with Crippen LogP contribution in [0, 0.1) is 0 Å². The molecule has 0 radical (unpaired) electrons. The van der Waals surface area contributed by atoms with Crippen LogP contribution < -0.4 is 5.32 Å². The SMILES string of the molecule is CCCCCCCCCCCCCCCCCCCCC/C=C/C(O)C(CO)NC(=O)C(O)CCCCCCCCCCCCCCCCCCCCCCCCCCCCCCC. The summed E-state index contributed by atoms with van der Waals surface area (Å²) in [6.45, 7) is 4.23. The van der Waals surface area contributed by atoms with Gasteiger partial charge in [-0.15, -0.1) is 0 Å². The van der Waals surface area contributed by atoms with Crippen LogP contribution in [0.15, 0.2) is 12.2 Å². The quantitative estimate of drug-likeness (QED) is 0.0362. The number of carbonyl (C=O) groups is 1. The zero-order valence-corrected chi connectivity index (χ0v) is 43.7. The second-order valence-electron chi connectivity index (χ2n) is 20.6. The first kappa shape index (κ1) is 63.1. The van der Waals surface area contributed by atoms with Crippen molar-refractivity contribution in [2.45, 2.75) is 353 Å². The molecule has 0 fully saturated rings. The predicted octanol–water partition coefficient (Wildman–Crippen LogP) is 18.3. The van der Waals surface area contributed by atoms with Crippen LogP contribution in [0.25, 0.3) is 0 Å². The molecule has 1 amide bonds. The monoisotopic (exact) mass is 904 g/mol. The van der Waals surface area contributed by atoms with Gasteiger partial charge in [0.15, 0.2) is 0 Å². The Morgan fingerprint density at radius 3 is 0.859 bits per heavy atom. The number of hydrogen-bond donors (Lipinski definition) is 4. The van der Waals surface area contributed by atoms with Crippen molar-refractivity contribution in [1.29, 1.82) is 0 Å². The van der Waals surface area contributed by atoms with E-state index in [0.717, 1.165) is 32.1 Å². The zero-order valence-electron chi connectivity index (χ0n) is 43.7. The van der Waals surface area contributed by atoms with Gasteiger partial charge in [-0.25, -0.2) is 0 Å². The Hall–Kier alpha value is -0.910. The van der Waals surface area contributed by atoms with Gasteiger partial charge in [-0.2, -0.15) is 0 Å². The molecule has 0 spiro atoms. The smallest absolute Gasteiger partial charge is 0.249 e. The van der Waals surface area contributed by atoms with Gasteiger partial charge in [0, 0.05) is 0 Å². The van der Waals surface area contributed by atoms with Crippen LogP contribution in [-0.4, -0.2) is 46.1 Å². The summed E-state index contributed by atoms with van der Waals surface area (Å²) >= 11 is 0. The summed E-state index contributed by atoms with van der Waals surface area (Å²) in [5.41, 5.74) is 0. The second-order valence-corrected chi connectivity index (χ2v) is 20.6. The Labute approximate surface area is 401 Å². The molecule has 0 aromatic rings. The highest BCUT2D eigenvalue weighted by Gasteiger charge is 2.22. The minimum absolute atomic E-state index is 0.358. The molecule has 0 saturated heterocycles. The van der Waals surface area contributed by atoms with E-state index >= 15 is 0 Å². The summed E-state index contributed by atoms with van der Waals surface area (Å²) in [4.78, 5) is 12.6. The molecular formula is C59H117NO4. The van der Waals surface area contributed by atoms with Gasteiger partial charge in [-0.1, -0.05) is 328 Å². The van der Waals surface area contributed by atoms with E-state index in [1.54, 1.807) is 6.08 Å². The molecule has 4 N–H and O–H groups in total. The van der Waals surface area contributed by atoms with E-state index in [9.17, 15) is 20.1 Å². The molecule has 3 atom stereocenters. The maximum absolute atomic E-state index is 12.6. The van der Waals surface area contributed by atoms with E-state index < -0.39 is 24.2 Å². The Morgan fingerprint density at radius 1 is 0.375 bits per heavy atom. The van der Waals surface area contributed by atoms with Crippen LogP contribution >= 0.6 is 0 Å². The molecule has 0 aliphatic rings. The van der Waals surface area contributed by atoms with Gasteiger partial charge in [0.1, 0.15) is 6.10 Å². The van der Waals surface area contributed by atoms with Gasteiger partial charge in [-0.3, -0.25) is 4.79 Å². The second kappa shape index (κ2) is 54.7. The van der Waals surface area contributed by atoms with Crippen molar-refractivity contribution in [3.8, 4) is 0 Å². The molecule has 382 valence electrons. The lowest BCUT2D eigenvalue weighted by Crippen LogP contribution is -2.48. The maximum atomic E-state index is 12.6. The van der Waals surface area contributed by atoms with Gasteiger partial charge >= 0.3 is 0 Å². The fraction of sp³-hybridized carbons (Fsp3) is 0.949. The lowest BCUT2D eigenvalue weighted by molar-refractivity contribution is -0.131. The summed E-state index contributed by atoms with van der Waals surface area (Å²) in [5.74, 6) is -0.495. The number of aliphatic hydroxyl groups excluding tert-OH is 3. The van der Waals surface area contributed by atoms with Crippen molar-refractivity contribution in [3.63, 3.8) is 0 Å². The first-order valence-electron chi connectivity index (χ1n) is 29.5. The Morgan fingerprint density at radius 2 is 0.609 bits per heavy atom. The summed E-state index contributed by atoms with van der Waals surface area (Å²) in [6.07, 6.45) is 68.8. The van der Waals surface area contributed by atoms with E-state index in [0.29, 0.717) is 6.42 Å². The molecule has 5 nitrogen and oxygen atoms in total. The molecule has 3 unspecified atom stereocenters. The fourth-order valence-electron chi connectivity index (χ4n) is 9.54. The van der Waals surface area contributed by atoms with Crippen molar-refractivity contribution >= 4 is 5.91 Å². The number of carbonyl (C=O) groups excluding carboxylic acids is 1. The number of nitrogens with one attached hydrogen (secondary N) is 1. The molecule has 0 aliphatic carbocycles. The van der Waals surface area contributed by atoms with Crippen LogP contribution in [0.1, 0.15) is 335 Å². The van der Waals surface area contributed by atoms with Gasteiger partial charge in [0.25, 0.3) is 0 Å². The Kier molecular flexibility index (Phi) is 53.9. The topological polar surface area (TPSA) is 89.8 Å². The largest absolute Gasteiger partial charge is 0.394 e. The predicted molar refractivity (Wildman–Crippen MR) is 282 cm³/mol. The molecule has 0 heterocycles. The van der Waals surface area contributed by atoms with E-state index in [1.807, 2.05) is 6.08 Å². The van der Waals surface area contributed by atoms with Crippen LogP contribution in [0.5, 0.6) is 0 Å². The molecule has 0 saturated carbocycles. The van der Waals surface area contributed by atoms with E-state index in [2.05, 4.69) is 19.2 Å². The summed E-state index contributed by atoms with van der Waals surface area (Å²) in [5, 5.41) is 33.4. The summed E-state index contributed by atoms with van der Waals surface area (Å²) in [7, 11) is 0. The van der Waals surface area contributed by atoms with Crippen LogP contribution in [0.4, 0.5) is 0 Å². The Bertz CT molecular complexity index is 909. The third-order valence-corrected chi connectivity index (χ3v) is 14.1. The zero-order chi connectivity index (χ0) is 46.5. The number of rotatable bonds is 55. The number of allylic oxidation sites excluding steroid dienone is 1. The van der Waals surface area contributed by atoms with Gasteiger partial charge < -0.3 is 20.6 Å². The average molecular weight is 905 g/mol. The molecule has 0 aliphatic heterocycles. The maximum Gasteiger partial charge on any atom is 0.249 e. The van der Waals surface area contributed by atoms with E-state index in [4.69, 9.17) is 0 Å². The van der Waals surface area contributed by atoms with Crippen molar-refractivity contribution in [3.05, 3.63) is 12.2 Å². The highest BCUT2D eigenvalue weighted by Crippen LogP contribution is 2.18. The van der Waals surface area contributed by atoms with Crippen LogP contribution in [0.3, 0.4) is 0 Å². The van der Waals surface area contributed by atoms with Crippen molar-refractivity contribution in [1.82, 2.24) is 5.32 Å². The van der Waals surface area contributed by atoms with Crippen LogP contribution in [-0.2, 0) is 4.79 Å². The average Bonchev–Trinajstić information content (AvgIpc) is 3.30. The number of aliphatic hydroxyl groups is 3. The molecule has 0 bridgehead atoms. The molecule has 0 rings (SSSR count). The normalized spacial score (nSPS) is 13.3. The molecule has 0 aromatic heterocycles. The van der Waals surface area contributed by atoms with Crippen LogP contribution in [0.2, 0.25) is 0 Å². The first-order chi connectivity index (χ1) is 31.6.